The second-order valence-corrected chi connectivity index (χ2v) is 5.84. The predicted molar refractivity (Wildman–Crippen MR) is 57.3 cm³/mol. The van der Waals surface area contributed by atoms with Crippen LogP contribution in [0.1, 0.15) is 27.2 Å². The van der Waals surface area contributed by atoms with Crippen LogP contribution in [0.5, 0.6) is 0 Å². The van der Waals surface area contributed by atoms with Gasteiger partial charge in [0.1, 0.15) is 0 Å². The van der Waals surface area contributed by atoms with E-state index in [9.17, 15) is 13.2 Å². The largest absolute Gasteiger partial charge is 0.338 e. The van der Waals surface area contributed by atoms with Gasteiger partial charge in [-0.25, -0.2) is 4.79 Å². The van der Waals surface area contributed by atoms with Crippen molar-refractivity contribution >= 4 is 16.1 Å². The summed E-state index contributed by atoms with van der Waals surface area (Å²) in [7, 11) is -3.93. The first kappa shape index (κ1) is 14.2. The normalized spacial score (nSPS) is 12.3. The molecule has 2 amide bonds. The number of amides is 2. The summed E-state index contributed by atoms with van der Waals surface area (Å²) in [5.74, 6) is -0.344. The standard InChI is InChI=1S/C8H18N2O4S/c1-8(2,3)10-7(11)9-5-4-6-15(12,13)14/h4-6H2,1-3H3,(H2,9,10,11)(H,12,13,14). The highest BCUT2D eigenvalue weighted by molar-refractivity contribution is 7.85. The molecule has 15 heavy (non-hydrogen) atoms. The number of rotatable bonds is 4. The van der Waals surface area contributed by atoms with Gasteiger partial charge in [-0.05, 0) is 27.2 Å². The van der Waals surface area contributed by atoms with Gasteiger partial charge >= 0.3 is 6.03 Å². The van der Waals surface area contributed by atoms with Crippen molar-refractivity contribution in [2.45, 2.75) is 32.7 Å². The minimum absolute atomic E-state index is 0.191. The number of carbonyl (C=O) groups is 1. The van der Waals surface area contributed by atoms with E-state index in [1.807, 2.05) is 20.8 Å². The summed E-state index contributed by atoms with van der Waals surface area (Å²) >= 11 is 0. The molecule has 0 rings (SSSR count). The lowest BCUT2D eigenvalue weighted by molar-refractivity contribution is 0.232. The maximum atomic E-state index is 11.1. The Morgan fingerprint density at radius 2 is 1.87 bits per heavy atom. The fourth-order valence-corrected chi connectivity index (χ4v) is 1.35. The second kappa shape index (κ2) is 5.32. The number of urea groups is 1. The molecule has 0 bridgehead atoms. The van der Waals surface area contributed by atoms with E-state index in [4.69, 9.17) is 4.55 Å². The summed E-state index contributed by atoms with van der Waals surface area (Å²) in [6.07, 6.45) is 0.191. The molecule has 7 heteroatoms. The average molecular weight is 238 g/mol. The summed E-state index contributed by atoms with van der Waals surface area (Å²) in [6.45, 7) is 5.72. The van der Waals surface area contributed by atoms with Gasteiger partial charge in [0.2, 0.25) is 0 Å². The molecular formula is C8H18N2O4S. The summed E-state index contributed by atoms with van der Waals surface area (Å²) in [5.41, 5.74) is -0.326. The van der Waals surface area contributed by atoms with Crippen LogP contribution in [0.15, 0.2) is 0 Å². The molecule has 0 aromatic carbocycles. The van der Waals surface area contributed by atoms with Gasteiger partial charge in [-0.2, -0.15) is 8.42 Å². The Kier molecular flexibility index (Phi) is 5.02. The van der Waals surface area contributed by atoms with Crippen LogP contribution < -0.4 is 10.6 Å². The van der Waals surface area contributed by atoms with Crippen LogP contribution in [0.25, 0.3) is 0 Å². The molecule has 0 spiro atoms. The molecule has 0 aliphatic rings. The Morgan fingerprint density at radius 1 is 1.33 bits per heavy atom. The van der Waals surface area contributed by atoms with Gasteiger partial charge in [-0.3, -0.25) is 4.55 Å². The Labute approximate surface area is 90.2 Å². The van der Waals surface area contributed by atoms with Crippen molar-refractivity contribution in [3.8, 4) is 0 Å². The van der Waals surface area contributed by atoms with Crippen molar-refractivity contribution in [3.05, 3.63) is 0 Å². The molecule has 0 radical (unpaired) electrons. The Hall–Kier alpha value is -0.820. The van der Waals surface area contributed by atoms with Crippen LogP contribution in [-0.2, 0) is 10.1 Å². The number of hydrogen-bond donors (Lipinski definition) is 3. The first-order valence-electron chi connectivity index (χ1n) is 4.61. The van der Waals surface area contributed by atoms with Gasteiger partial charge in [0.25, 0.3) is 10.1 Å². The van der Waals surface area contributed by atoms with E-state index in [0.29, 0.717) is 0 Å². The quantitative estimate of drug-likeness (QED) is 0.487. The SMILES string of the molecule is CC(C)(C)NC(=O)NCCCS(=O)(=O)O. The highest BCUT2D eigenvalue weighted by atomic mass is 32.2. The number of carbonyl (C=O) groups excluding carboxylic acids is 1. The fraction of sp³-hybridized carbons (Fsp3) is 0.875. The molecule has 0 aromatic heterocycles. The third kappa shape index (κ3) is 11.1. The topological polar surface area (TPSA) is 95.5 Å². The smallest absolute Gasteiger partial charge is 0.315 e. The van der Waals surface area contributed by atoms with Crippen LogP contribution in [0, 0.1) is 0 Å². The maximum absolute atomic E-state index is 11.1. The molecule has 0 fully saturated rings. The molecule has 0 heterocycles. The molecular weight excluding hydrogens is 220 g/mol. The first-order valence-corrected chi connectivity index (χ1v) is 6.22. The summed E-state index contributed by atoms with van der Waals surface area (Å²) < 4.78 is 29.1. The Morgan fingerprint density at radius 3 is 2.27 bits per heavy atom. The summed E-state index contributed by atoms with van der Waals surface area (Å²) in [4.78, 5) is 11.1. The van der Waals surface area contributed by atoms with Crippen LogP contribution in [0.3, 0.4) is 0 Å². The van der Waals surface area contributed by atoms with Crippen molar-refractivity contribution in [2.24, 2.45) is 0 Å². The third-order valence-corrected chi connectivity index (χ3v) is 2.16. The molecule has 90 valence electrons. The van der Waals surface area contributed by atoms with E-state index >= 15 is 0 Å². The van der Waals surface area contributed by atoms with E-state index in [0.717, 1.165) is 0 Å². The van der Waals surface area contributed by atoms with E-state index < -0.39 is 10.1 Å². The molecule has 0 atom stereocenters. The van der Waals surface area contributed by atoms with E-state index in [-0.39, 0.29) is 30.3 Å². The van der Waals surface area contributed by atoms with Crippen molar-refractivity contribution in [1.29, 1.82) is 0 Å². The van der Waals surface area contributed by atoms with Crippen molar-refractivity contribution < 1.29 is 17.8 Å². The lowest BCUT2D eigenvalue weighted by atomic mass is 10.1. The number of hydrogen-bond acceptors (Lipinski definition) is 3. The Bertz CT molecular complexity index is 305. The Balaban J connectivity index is 3.66. The summed E-state index contributed by atoms with van der Waals surface area (Å²) in [6, 6.07) is -0.349. The van der Waals surface area contributed by atoms with Crippen molar-refractivity contribution in [3.63, 3.8) is 0 Å². The molecule has 3 N–H and O–H groups in total. The lowest BCUT2D eigenvalue weighted by Crippen LogP contribution is -2.46. The van der Waals surface area contributed by atoms with Gasteiger partial charge < -0.3 is 10.6 Å². The van der Waals surface area contributed by atoms with Gasteiger partial charge in [0.05, 0.1) is 5.75 Å². The minimum Gasteiger partial charge on any atom is -0.338 e. The van der Waals surface area contributed by atoms with E-state index in [2.05, 4.69) is 10.6 Å². The van der Waals surface area contributed by atoms with Crippen molar-refractivity contribution in [1.82, 2.24) is 10.6 Å². The van der Waals surface area contributed by atoms with Crippen LogP contribution in [0.2, 0.25) is 0 Å². The van der Waals surface area contributed by atoms with Gasteiger partial charge in [-0.1, -0.05) is 0 Å². The van der Waals surface area contributed by atoms with Gasteiger partial charge in [0, 0.05) is 12.1 Å². The van der Waals surface area contributed by atoms with Crippen LogP contribution in [-0.4, -0.2) is 36.8 Å². The molecule has 0 saturated carbocycles. The van der Waals surface area contributed by atoms with Crippen LogP contribution >= 0.6 is 0 Å². The molecule has 0 saturated heterocycles. The monoisotopic (exact) mass is 238 g/mol. The van der Waals surface area contributed by atoms with Crippen LogP contribution in [0.4, 0.5) is 4.79 Å². The van der Waals surface area contributed by atoms with Gasteiger partial charge in [0.15, 0.2) is 0 Å². The zero-order valence-corrected chi connectivity index (χ0v) is 10.0. The zero-order valence-electron chi connectivity index (χ0n) is 9.20. The maximum Gasteiger partial charge on any atom is 0.315 e. The first-order chi connectivity index (χ1) is 6.60. The average Bonchev–Trinajstić information content (AvgIpc) is 1.92. The highest BCUT2D eigenvalue weighted by Crippen LogP contribution is 1.97. The molecule has 0 aromatic rings. The fourth-order valence-electron chi connectivity index (χ4n) is 0.841. The molecule has 0 unspecified atom stereocenters. The predicted octanol–water partition coefficient (Wildman–Crippen LogP) is 0.362. The van der Waals surface area contributed by atoms with E-state index in [1.54, 1.807) is 0 Å². The minimum atomic E-state index is -3.93. The number of nitrogens with one attached hydrogen (secondary N) is 2. The zero-order chi connectivity index (χ0) is 12.1. The summed E-state index contributed by atoms with van der Waals surface area (Å²) in [5, 5.41) is 5.14. The third-order valence-electron chi connectivity index (χ3n) is 1.35. The molecule has 0 aliphatic carbocycles. The van der Waals surface area contributed by atoms with Crippen molar-refractivity contribution in [2.75, 3.05) is 12.3 Å². The molecule has 6 nitrogen and oxygen atoms in total. The van der Waals surface area contributed by atoms with Gasteiger partial charge in [-0.15, -0.1) is 0 Å². The molecule has 0 aliphatic heterocycles. The van der Waals surface area contributed by atoms with E-state index in [1.165, 1.54) is 0 Å². The second-order valence-electron chi connectivity index (χ2n) is 4.27. The lowest BCUT2D eigenvalue weighted by Gasteiger charge is -2.20. The highest BCUT2D eigenvalue weighted by Gasteiger charge is 2.13.